The molecule has 2 amide bonds. The van der Waals surface area contributed by atoms with Gasteiger partial charge in [-0.1, -0.05) is 12.8 Å². The van der Waals surface area contributed by atoms with Gasteiger partial charge in [-0.3, -0.25) is 9.59 Å². The first-order valence-corrected chi connectivity index (χ1v) is 10.4. The lowest BCUT2D eigenvalue weighted by atomic mass is 9.88. The number of hydrogen-bond donors (Lipinski definition) is 2. The van der Waals surface area contributed by atoms with Crippen molar-refractivity contribution in [3.05, 3.63) is 24.3 Å². The molecule has 2 N–H and O–H groups in total. The molecule has 4 aliphatic carbocycles. The molecule has 0 heterocycles. The number of carbonyl (C=O) groups is 2. The van der Waals surface area contributed by atoms with Crippen molar-refractivity contribution in [3.8, 4) is 0 Å². The first kappa shape index (κ1) is 16.3. The molecule has 5 rings (SSSR count). The zero-order valence-electron chi connectivity index (χ0n) is 15.2. The second kappa shape index (κ2) is 6.40. The molecular formula is C22H28N2O2. The molecule has 138 valence electrons. The Morgan fingerprint density at radius 2 is 1.08 bits per heavy atom. The van der Waals surface area contributed by atoms with Gasteiger partial charge < -0.3 is 10.6 Å². The Balaban J connectivity index is 1.17. The summed E-state index contributed by atoms with van der Waals surface area (Å²) in [6.07, 6.45) is 9.67. The van der Waals surface area contributed by atoms with Gasteiger partial charge in [0.05, 0.1) is 0 Å². The van der Waals surface area contributed by atoms with Crippen LogP contribution in [0.2, 0.25) is 0 Å². The highest BCUT2D eigenvalue weighted by Crippen LogP contribution is 2.49. The van der Waals surface area contributed by atoms with Crippen molar-refractivity contribution in [1.29, 1.82) is 0 Å². The van der Waals surface area contributed by atoms with Gasteiger partial charge in [-0.05, 0) is 86.5 Å². The third-order valence-electron chi connectivity index (χ3n) is 7.57. The molecule has 4 heteroatoms. The van der Waals surface area contributed by atoms with Crippen molar-refractivity contribution in [2.45, 2.75) is 51.4 Å². The number of amides is 2. The van der Waals surface area contributed by atoms with Gasteiger partial charge in [-0.25, -0.2) is 0 Å². The Morgan fingerprint density at radius 1 is 0.654 bits per heavy atom. The molecular weight excluding hydrogens is 324 g/mol. The minimum Gasteiger partial charge on any atom is -0.326 e. The second-order valence-corrected chi connectivity index (χ2v) is 9.12. The summed E-state index contributed by atoms with van der Waals surface area (Å²) in [7, 11) is 0. The van der Waals surface area contributed by atoms with Crippen molar-refractivity contribution in [1.82, 2.24) is 0 Å². The Hall–Kier alpha value is -1.84. The topological polar surface area (TPSA) is 58.2 Å². The van der Waals surface area contributed by atoms with Crippen LogP contribution in [0.25, 0.3) is 0 Å². The number of benzene rings is 1. The summed E-state index contributed by atoms with van der Waals surface area (Å²) in [5, 5.41) is 6.15. The SMILES string of the molecule is O=C(Nc1ccc(NC(=O)[C@@H]2C[C@H]3CC[C@H]2C3)cc1)[C@H]1C[C@H]2CC[C@H]1C2. The third kappa shape index (κ3) is 2.93. The van der Waals surface area contributed by atoms with Crippen LogP contribution in [0.1, 0.15) is 51.4 Å². The average Bonchev–Trinajstić information content (AvgIpc) is 3.43. The molecule has 0 radical (unpaired) electrons. The van der Waals surface area contributed by atoms with Gasteiger partial charge in [0, 0.05) is 23.2 Å². The smallest absolute Gasteiger partial charge is 0.227 e. The summed E-state index contributed by atoms with van der Waals surface area (Å²) in [5.74, 6) is 3.50. The van der Waals surface area contributed by atoms with E-state index in [1.165, 1.54) is 38.5 Å². The molecule has 0 aliphatic heterocycles. The van der Waals surface area contributed by atoms with E-state index in [-0.39, 0.29) is 23.7 Å². The second-order valence-electron chi connectivity index (χ2n) is 9.12. The Kier molecular flexibility index (Phi) is 4.02. The molecule has 4 bridgehead atoms. The van der Waals surface area contributed by atoms with Crippen LogP contribution in [0, 0.1) is 35.5 Å². The van der Waals surface area contributed by atoms with Crippen LogP contribution in [0.5, 0.6) is 0 Å². The maximum Gasteiger partial charge on any atom is 0.227 e. The normalized spacial score (nSPS) is 37.1. The van der Waals surface area contributed by atoms with Crippen LogP contribution in [-0.4, -0.2) is 11.8 Å². The zero-order valence-corrected chi connectivity index (χ0v) is 15.2. The molecule has 0 unspecified atom stereocenters. The number of fused-ring (bicyclic) bond motifs is 4. The predicted molar refractivity (Wildman–Crippen MR) is 102 cm³/mol. The van der Waals surface area contributed by atoms with Crippen LogP contribution >= 0.6 is 0 Å². The lowest BCUT2D eigenvalue weighted by Crippen LogP contribution is -2.27. The summed E-state index contributed by atoms with van der Waals surface area (Å²) >= 11 is 0. The van der Waals surface area contributed by atoms with E-state index in [0.29, 0.717) is 11.8 Å². The quantitative estimate of drug-likeness (QED) is 0.842. The minimum atomic E-state index is 0.177. The molecule has 0 aromatic heterocycles. The maximum atomic E-state index is 12.5. The molecule has 0 spiro atoms. The molecule has 4 aliphatic rings. The van der Waals surface area contributed by atoms with E-state index in [1.807, 2.05) is 24.3 Å². The average molecular weight is 352 g/mol. The summed E-state index contributed by atoms with van der Waals surface area (Å²) in [6, 6.07) is 7.62. The summed E-state index contributed by atoms with van der Waals surface area (Å²) in [4.78, 5) is 25.1. The molecule has 4 nitrogen and oxygen atoms in total. The number of rotatable bonds is 4. The fourth-order valence-electron chi connectivity index (χ4n) is 6.24. The minimum absolute atomic E-state index is 0.177. The Labute approximate surface area is 155 Å². The van der Waals surface area contributed by atoms with E-state index in [1.54, 1.807) is 0 Å². The summed E-state index contributed by atoms with van der Waals surface area (Å²) < 4.78 is 0. The first-order valence-electron chi connectivity index (χ1n) is 10.4. The van der Waals surface area contributed by atoms with Crippen molar-refractivity contribution in [3.63, 3.8) is 0 Å². The van der Waals surface area contributed by atoms with Gasteiger partial charge in [-0.15, -0.1) is 0 Å². The third-order valence-corrected chi connectivity index (χ3v) is 7.57. The standard InChI is InChI=1S/C22H28N2O2/c25-21(19-11-13-1-3-15(19)9-13)23-17-5-7-18(8-6-17)24-22(26)20-12-14-2-4-16(20)10-14/h5-8,13-16,19-20H,1-4,9-12H2,(H,23,25)(H,24,26)/t13-,14-,15-,16-,19-,20+/m0/s1. The van der Waals surface area contributed by atoms with Gasteiger partial charge in [0.15, 0.2) is 0 Å². The lowest BCUT2D eigenvalue weighted by Gasteiger charge is -2.21. The first-order chi connectivity index (χ1) is 12.7. The summed E-state index contributed by atoms with van der Waals surface area (Å²) in [5.41, 5.74) is 1.66. The zero-order chi connectivity index (χ0) is 17.7. The van der Waals surface area contributed by atoms with Gasteiger partial charge in [-0.2, -0.15) is 0 Å². The Bertz CT molecular complexity index is 652. The van der Waals surface area contributed by atoms with Crippen molar-refractivity contribution in [2.24, 2.45) is 35.5 Å². The molecule has 6 atom stereocenters. The highest BCUT2D eigenvalue weighted by molar-refractivity contribution is 5.95. The van der Waals surface area contributed by atoms with Crippen LogP contribution in [0.4, 0.5) is 11.4 Å². The largest absolute Gasteiger partial charge is 0.326 e. The summed E-state index contributed by atoms with van der Waals surface area (Å²) in [6.45, 7) is 0. The Morgan fingerprint density at radius 3 is 1.38 bits per heavy atom. The van der Waals surface area contributed by atoms with Crippen molar-refractivity contribution >= 4 is 23.2 Å². The predicted octanol–water partition coefficient (Wildman–Crippen LogP) is 4.44. The molecule has 0 saturated heterocycles. The van der Waals surface area contributed by atoms with Crippen LogP contribution in [0.3, 0.4) is 0 Å². The van der Waals surface area contributed by atoms with Gasteiger partial charge in [0.1, 0.15) is 0 Å². The highest BCUT2D eigenvalue weighted by Gasteiger charge is 2.44. The number of anilines is 2. The number of nitrogens with one attached hydrogen (secondary N) is 2. The highest BCUT2D eigenvalue weighted by atomic mass is 16.2. The number of hydrogen-bond acceptors (Lipinski definition) is 2. The van der Waals surface area contributed by atoms with Gasteiger partial charge in [0.25, 0.3) is 0 Å². The van der Waals surface area contributed by atoms with Crippen molar-refractivity contribution < 1.29 is 9.59 Å². The molecule has 4 fully saturated rings. The number of carbonyl (C=O) groups excluding carboxylic acids is 2. The van der Waals surface area contributed by atoms with Crippen LogP contribution in [-0.2, 0) is 9.59 Å². The van der Waals surface area contributed by atoms with E-state index >= 15 is 0 Å². The monoisotopic (exact) mass is 352 g/mol. The van der Waals surface area contributed by atoms with Gasteiger partial charge >= 0.3 is 0 Å². The van der Waals surface area contributed by atoms with E-state index in [0.717, 1.165) is 36.1 Å². The lowest BCUT2D eigenvalue weighted by molar-refractivity contribution is -0.122. The molecule has 4 saturated carbocycles. The van der Waals surface area contributed by atoms with Crippen LogP contribution < -0.4 is 10.6 Å². The van der Waals surface area contributed by atoms with E-state index < -0.39 is 0 Å². The van der Waals surface area contributed by atoms with Gasteiger partial charge in [0.2, 0.25) is 11.8 Å². The fraction of sp³-hybridized carbons (Fsp3) is 0.636. The molecule has 26 heavy (non-hydrogen) atoms. The fourth-order valence-corrected chi connectivity index (χ4v) is 6.24. The molecule has 1 aromatic carbocycles. The van der Waals surface area contributed by atoms with Crippen molar-refractivity contribution in [2.75, 3.05) is 10.6 Å². The maximum absolute atomic E-state index is 12.5. The van der Waals surface area contributed by atoms with E-state index in [9.17, 15) is 9.59 Å². The van der Waals surface area contributed by atoms with E-state index in [2.05, 4.69) is 10.6 Å². The molecule has 1 aromatic rings. The van der Waals surface area contributed by atoms with E-state index in [4.69, 9.17) is 0 Å². The van der Waals surface area contributed by atoms with Crippen LogP contribution in [0.15, 0.2) is 24.3 Å².